The van der Waals surface area contributed by atoms with Crippen molar-refractivity contribution < 1.29 is 15.3 Å². The van der Waals surface area contributed by atoms with E-state index in [9.17, 15) is 15.3 Å². The quantitative estimate of drug-likeness (QED) is 0.688. The third-order valence-corrected chi connectivity index (χ3v) is 3.65. The zero-order chi connectivity index (χ0) is 14.0. The second-order valence-corrected chi connectivity index (χ2v) is 5.21. The summed E-state index contributed by atoms with van der Waals surface area (Å²) in [6, 6.07) is 4.54. The van der Waals surface area contributed by atoms with Crippen molar-refractivity contribution in [3.05, 3.63) is 38.9 Å². The maximum absolute atomic E-state index is 9.85. The van der Waals surface area contributed by atoms with E-state index in [2.05, 4.69) is 41.8 Å². The van der Waals surface area contributed by atoms with E-state index < -0.39 is 0 Å². The Morgan fingerprint density at radius 3 is 2.58 bits per heavy atom. The van der Waals surface area contributed by atoms with Gasteiger partial charge in [0.1, 0.15) is 16.0 Å². The van der Waals surface area contributed by atoms with Crippen LogP contribution in [0.2, 0.25) is 0 Å². The number of hydrogen-bond donors (Lipinski definition) is 3. The Bertz CT molecular complexity index is 660. The summed E-state index contributed by atoms with van der Waals surface area (Å²) in [5.41, 5.74) is 0.363. The van der Waals surface area contributed by atoms with E-state index in [1.807, 2.05) is 0 Å². The zero-order valence-corrected chi connectivity index (χ0v) is 12.6. The lowest BCUT2D eigenvalue weighted by molar-refractivity contribution is 0.441. The maximum Gasteiger partial charge on any atom is 0.194 e. The molecule has 98 valence electrons. The molecule has 7 heteroatoms. The third kappa shape index (κ3) is 2.87. The predicted molar refractivity (Wildman–Crippen MR) is 78.3 cm³/mol. The number of phenolic OH excluding ortho intramolecular Hbond substituents is 2. The highest BCUT2D eigenvalue weighted by Gasteiger charge is 2.12. The number of pyridine rings is 1. The number of aromatic hydroxyl groups is 3. The van der Waals surface area contributed by atoms with Crippen molar-refractivity contribution in [2.24, 2.45) is 4.99 Å². The van der Waals surface area contributed by atoms with Crippen molar-refractivity contribution in [3.8, 4) is 17.2 Å². The van der Waals surface area contributed by atoms with Crippen molar-refractivity contribution in [2.45, 2.75) is 0 Å². The normalized spacial score (nSPS) is 11.1. The molecule has 2 rings (SSSR count). The van der Waals surface area contributed by atoms with Crippen LogP contribution in [0.3, 0.4) is 0 Å². The summed E-state index contributed by atoms with van der Waals surface area (Å²) in [5.74, 6) is -0.174. The van der Waals surface area contributed by atoms with Crippen LogP contribution < -0.4 is 0 Å². The maximum atomic E-state index is 9.85. The van der Waals surface area contributed by atoms with Crippen LogP contribution in [0.5, 0.6) is 17.2 Å². The Hall–Kier alpha value is -1.60. The number of benzene rings is 1. The van der Waals surface area contributed by atoms with Crippen molar-refractivity contribution in [1.29, 1.82) is 0 Å². The molecule has 0 fully saturated rings. The molecule has 0 aliphatic heterocycles. The molecule has 0 unspecified atom stereocenters. The van der Waals surface area contributed by atoms with Crippen LogP contribution >= 0.6 is 31.9 Å². The second kappa shape index (κ2) is 5.58. The van der Waals surface area contributed by atoms with Gasteiger partial charge < -0.3 is 15.3 Å². The molecule has 3 N–H and O–H groups in total. The number of nitrogens with zero attached hydrogens (tertiary/aromatic N) is 2. The van der Waals surface area contributed by atoms with Crippen molar-refractivity contribution in [3.63, 3.8) is 0 Å². The molecule has 0 atom stereocenters. The fraction of sp³-hybridized carbons (Fsp3) is 0. The van der Waals surface area contributed by atoms with Crippen LogP contribution in [0, 0.1) is 0 Å². The number of aromatic nitrogens is 1. The van der Waals surface area contributed by atoms with Crippen LogP contribution in [0.4, 0.5) is 5.82 Å². The summed E-state index contributed by atoms with van der Waals surface area (Å²) in [6.45, 7) is 0. The summed E-state index contributed by atoms with van der Waals surface area (Å²) in [6.07, 6.45) is 2.83. The molecule has 0 saturated heterocycles. The van der Waals surface area contributed by atoms with Gasteiger partial charge >= 0.3 is 0 Å². The molecule has 5 nitrogen and oxygen atoms in total. The number of rotatable bonds is 2. The SMILES string of the molecule is Oc1cccnc1N=Cc1cc(Br)c(O)c(Br)c1O. The van der Waals surface area contributed by atoms with Gasteiger partial charge in [0.25, 0.3) is 0 Å². The Balaban J connectivity index is 2.42. The molecule has 19 heavy (non-hydrogen) atoms. The van der Waals surface area contributed by atoms with E-state index >= 15 is 0 Å². The summed E-state index contributed by atoms with van der Waals surface area (Å²) >= 11 is 6.22. The number of aliphatic imine (C=N–C) groups is 1. The molecular weight excluding hydrogens is 380 g/mol. The lowest BCUT2D eigenvalue weighted by Crippen LogP contribution is -1.86. The highest BCUT2D eigenvalue weighted by Crippen LogP contribution is 2.40. The minimum absolute atomic E-state index is 0.0600. The fourth-order valence-electron chi connectivity index (χ4n) is 1.33. The first-order valence-corrected chi connectivity index (χ1v) is 6.67. The first-order valence-electron chi connectivity index (χ1n) is 5.08. The highest BCUT2D eigenvalue weighted by molar-refractivity contribution is 9.11. The Morgan fingerprint density at radius 2 is 1.89 bits per heavy atom. The topological polar surface area (TPSA) is 85.9 Å². The van der Waals surface area contributed by atoms with Gasteiger partial charge in [0.05, 0.1) is 4.47 Å². The molecule has 0 amide bonds. The molecule has 2 aromatic rings. The number of hydrogen-bond acceptors (Lipinski definition) is 5. The van der Waals surface area contributed by atoms with Gasteiger partial charge in [-0.15, -0.1) is 0 Å². The summed E-state index contributed by atoms with van der Waals surface area (Å²) < 4.78 is 0.567. The largest absolute Gasteiger partial charge is 0.506 e. The van der Waals surface area contributed by atoms with E-state index in [1.165, 1.54) is 24.5 Å². The summed E-state index contributed by atoms with van der Waals surface area (Å²) in [7, 11) is 0. The van der Waals surface area contributed by atoms with Gasteiger partial charge in [0.2, 0.25) is 0 Å². The Kier molecular flexibility index (Phi) is 4.06. The summed E-state index contributed by atoms with van der Waals surface area (Å²) in [4.78, 5) is 7.86. The lowest BCUT2D eigenvalue weighted by atomic mass is 10.2. The third-order valence-electron chi connectivity index (χ3n) is 2.29. The van der Waals surface area contributed by atoms with Crippen molar-refractivity contribution in [1.82, 2.24) is 4.98 Å². The molecule has 0 saturated carbocycles. The van der Waals surface area contributed by atoms with E-state index in [1.54, 1.807) is 6.07 Å². The average molecular weight is 388 g/mol. The highest BCUT2D eigenvalue weighted by atomic mass is 79.9. The fourth-order valence-corrected chi connectivity index (χ4v) is 2.49. The molecule has 1 aromatic heterocycles. The molecule has 0 spiro atoms. The van der Waals surface area contributed by atoms with Gasteiger partial charge in [-0.3, -0.25) is 0 Å². The van der Waals surface area contributed by atoms with Crippen molar-refractivity contribution >= 4 is 43.9 Å². The molecule has 0 aliphatic carbocycles. The van der Waals surface area contributed by atoms with Gasteiger partial charge in [0.15, 0.2) is 11.6 Å². The first-order chi connectivity index (χ1) is 9.00. The van der Waals surface area contributed by atoms with Gasteiger partial charge in [-0.2, -0.15) is 0 Å². The number of halogens is 2. The smallest absolute Gasteiger partial charge is 0.194 e. The van der Waals surface area contributed by atoms with Gasteiger partial charge in [-0.25, -0.2) is 9.98 Å². The Morgan fingerprint density at radius 1 is 1.16 bits per heavy atom. The number of phenols is 2. The minimum Gasteiger partial charge on any atom is -0.506 e. The predicted octanol–water partition coefficient (Wildman–Crippen LogP) is 3.47. The summed E-state index contributed by atoms with van der Waals surface area (Å²) in [5, 5.41) is 29.0. The van der Waals surface area contributed by atoms with E-state index in [4.69, 9.17) is 0 Å². The zero-order valence-electron chi connectivity index (χ0n) is 9.38. The van der Waals surface area contributed by atoms with Crippen LogP contribution in [0.1, 0.15) is 5.56 Å². The second-order valence-electron chi connectivity index (χ2n) is 3.56. The van der Waals surface area contributed by atoms with E-state index in [-0.39, 0.29) is 27.5 Å². The Labute approximate surface area is 125 Å². The van der Waals surface area contributed by atoms with Crippen LogP contribution in [0.25, 0.3) is 0 Å². The van der Waals surface area contributed by atoms with Crippen LogP contribution in [0.15, 0.2) is 38.3 Å². The van der Waals surface area contributed by atoms with E-state index in [0.717, 1.165) is 0 Å². The molecule has 1 aromatic carbocycles. The molecule has 0 radical (unpaired) electrons. The van der Waals surface area contributed by atoms with Crippen molar-refractivity contribution in [2.75, 3.05) is 0 Å². The monoisotopic (exact) mass is 386 g/mol. The van der Waals surface area contributed by atoms with Crippen LogP contribution in [-0.2, 0) is 0 Å². The van der Waals surface area contributed by atoms with Gasteiger partial charge in [0, 0.05) is 18.0 Å². The average Bonchev–Trinajstić information content (AvgIpc) is 2.40. The first kappa shape index (κ1) is 13.8. The standard InChI is InChI=1S/C12H8Br2N2O3/c13-7-4-6(10(18)9(14)11(7)19)5-16-12-8(17)2-1-3-15-12/h1-5,17-19H. The molecular formula is C12H8Br2N2O3. The molecule has 0 bridgehead atoms. The minimum atomic E-state index is -0.153. The van der Waals surface area contributed by atoms with Gasteiger partial charge in [-0.1, -0.05) is 0 Å². The lowest BCUT2D eigenvalue weighted by Gasteiger charge is -2.06. The van der Waals surface area contributed by atoms with Gasteiger partial charge in [-0.05, 0) is 50.1 Å². The molecule has 0 aliphatic rings. The molecule has 1 heterocycles. The van der Waals surface area contributed by atoms with E-state index in [0.29, 0.717) is 10.0 Å². The van der Waals surface area contributed by atoms with Crippen LogP contribution in [-0.4, -0.2) is 26.5 Å².